The minimum Gasteiger partial charge on any atom is -0.406 e. The Kier molecular flexibility index (Phi) is 6.12. The number of nitrogens with zero attached hydrogens (tertiary/aromatic N) is 2. The SMILES string of the molecule is Cc1cc(=O)c(C(=O)NCc2ccc(OC(F)(F)F)cc2)nn1-c1ccc(Cl)cc1. The molecule has 0 bridgehead atoms. The second-order valence-corrected chi connectivity index (χ2v) is 6.70. The Morgan fingerprint density at radius 3 is 2.37 bits per heavy atom. The molecule has 0 aliphatic heterocycles. The van der Waals surface area contributed by atoms with Crippen molar-refractivity contribution in [2.45, 2.75) is 19.8 Å². The van der Waals surface area contributed by atoms with E-state index in [4.69, 9.17) is 11.6 Å². The monoisotopic (exact) mass is 437 g/mol. The summed E-state index contributed by atoms with van der Waals surface area (Å²) in [5, 5.41) is 7.20. The van der Waals surface area contributed by atoms with Crippen LogP contribution < -0.4 is 15.5 Å². The van der Waals surface area contributed by atoms with E-state index < -0.39 is 17.7 Å². The molecule has 0 fully saturated rings. The smallest absolute Gasteiger partial charge is 0.406 e. The lowest BCUT2D eigenvalue weighted by Crippen LogP contribution is -2.31. The van der Waals surface area contributed by atoms with Crippen LogP contribution in [0.5, 0.6) is 5.75 Å². The maximum Gasteiger partial charge on any atom is 0.573 e. The lowest BCUT2D eigenvalue weighted by Gasteiger charge is -2.12. The van der Waals surface area contributed by atoms with Crippen LogP contribution in [0.3, 0.4) is 0 Å². The van der Waals surface area contributed by atoms with E-state index in [1.807, 2.05) is 0 Å². The number of ether oxygens (including phenoxy) is 1. The number of halogens is 4. The standard InChI is InChI=1S/C20H15ClF3N3O3/c1-12-10-17(28)18(26-27(12)15-6-4-14(21)5-7-15)19(29)25-11-13-2-8-16(9-3-13)30-20(22,23)24/h2-10H,11H2,1H3,(H,25,29). The summed E-state index contributed by atoms with van der Waals surface area (Å²) >= 11 is 5.88. The number of alkyl halides is 3. The quantitative estimate of drug-likeness (QED) is 0.654. The first kappa shape index (κ1) is 21.4. The number of nitrogens with one attached hydrogen (secondary N) is 1. The van der Waals surface area contributed by atoms with Crippen molar-refractivity contribution < 1.29 is 22.7 Å². The Balaban J connectivity index is 1.74. The summed E-state index contributed by atoms with van der Waals surface area (Å²) in [4.78, 5) is 24.7. The molecule has 0 unspecified atom stereocenters. The first-order chi connectivity index (χ1) is 14.1. The third-order valence-electron chi connectivity index (χ3n) is 4.00. The van der Waals surface area contributed by atoms with Crippen molar-refractivity contribution in [3.8, 4) is 11.4 Å². The van der Waals surface area contributed by atoms with Gasteiger partial charge in [0.05, 0.1) is 5.69 Å². The summed E-state index contributed by atoms with van der Waals surface area (Å²) in [6, 6.07) is 13.0. The van der Waals surface area contributed by atoms with Gasteiger partial charge in [0, 0.05) is 23.3 Å². The van der Waals surface area contributed by atoms with Crippen LogP contribution in [0.15, 0.2) is 59.4 Å². The normalized spacial score (nSPS) is 11.2. The first-order valence-electron chi connectivity index (χ1n) is 8.62. The van der Waals surface area contributed by atoms with E-state index in [2.05, 4.69) is 15.2 Å². The number of aryl methyl sites for hydroxylation is 1. The molecule has 0 saturated heterocycles. The van der Waals surface area contributed by atoms with Crippen molar-refractivity contribution >= 4 is 17.5 Å². The fraction of sp³-hybridized carbons (Fsp3) is 0.150. The van der Waals surface area contributed by atoms with Crippen LogP contribution in [0.2, 0.25) is 5.02 Å². The third kappa shape index (κ3) is 5.38. The van der Waals surface area contributed by atoms with Crippen LogP contribution in [0.25, 0.3) is 5.69 Å². The number of aromatic nitrogens is 2. The Bertz CT molecular complexity index is 1110. The highest BCUT2D eigenvalue weighted by molar-refractivity contribution is 6.30. The highest BCUT2D eigenvalue weighted by Gasteiger charge is 2.30. The van der Waals surface area contributed by atoms with Gasteiger partial charge in [-0.2, -0.15) is 5.10 Å². The van der Waals surface area contributed by atoms with Gasteiger partial charge < -0.3 is 10.1 Å². The molecule has 6 nitrogen and oxygen atoms in total. The zero-order valence-corrected chi connectivity index (χ0v) is 16.3. The van der Waals surface area contributed by atoms with Crippen LogP contribution in [0.4, 0.5) is 13.2 Å². The van der Waals surface area contributed by atoms with Gasteiger partial charge in [-0.1, -0.05) is 23.7 Å². The largest absolute Gasteiger partial charge is 0.573 e. The highest BCUT2D eigenvalue weighted by Crippen LogP contribution is 2.22. The minimum absolute atomic E-state index is 0.0128. The molecular weight excluding hydrogens is 423 g/mol. The second kappa shape index (κ2) is 8.58. The number of hydrogen-bond donors (Lipinski definition) is 1. The van der Waals surface area contributed by atoms with E-state index in [-0.39, 0.29) is 18.0 Å². The molecule has 0 spiro atoms. The predicted molar refractivity (Wildman–Crippen MR) is 104 cm³/mol. The maximum absolute atomic E-state index is 12.5. The molecule has 156 valence electrons. The van der Waals surface area contributed by atoms with E-state index in [0.29, 0.717) is 22.0 Å². The Labute approximate surface area is 173 Å². The van der Waals surface area contributed by atoms with Gasteiger partial charge in [-0.05, 0) is 48.9 Å². The Morgan fingerprint density at radius 2 is 1.77 bits per heavy atom. The van der Waals surface area contributed by atoms with Crippen LogP contribution >= 0.6 is 11.6 Å². The number of benzene rings is 2. The van der Waals surface area contributed by atoms with Crippen LogP contribution in [0.1, 0.15) is 21.7 Å². The molecule has 1 N–H and O–H groups in total. The third-order valence-corrected chi connectivity index (χ3v) is 4.26. The Morgan fingerprint density at radius 1 is 1.13 bits per heavy atom. The molecule has 30 heavy (non-hydrogen) atoms. The van der Waals surface area contributed by atoms with Crippen molar-refractivity contribution in [3.05, 3.63) is 86.8 Å². The van der Waals surface area contributed by atoms with Gasteiger partial charge in [-0.3, -0.25) is 9.59 Å². The molecule has 1 aromatic heterocycles. The lowest BCUT2D eigenvalue weighted by molar-refractivity contribution is -0.274. The van der Waals surface area contributed by atoms with Gasteiger partial charge in [-0.15, -0.1) is 13.2 Å². The van der Waals surface area contributed by atoms with Gasteiger partial charge in [0.1, 0.15) is 5.75 Å². The summed E-state index contributed by atoms with van der Waals surface area (Å²) in [6.07, 6.45) is -4.78. The molecule has 0 saturated carbocycles. The molecule has 0 atom stereocenters. The molecule has 10 heteroatoms. The summed E-state index contributed by atoms with van der Waals surface area (Å²) in [5.41, 5.74) is 0.796. The number of carbonyl (C=O) groups is 1. The minimum atomic E-state index is -4.78. The molecule has 3 rings (SSSR count). The first-order valence-corrected chi connectivity index (χ1v) is 9.00. The lowest BCUT2D eigenvalue weighted by atomic mass is 10.2. The van der Waals surface area contributed by atoms with Crippen molar-refractivity contribution in [1.29, 1.82) is 0 Å². The van der Waals surface area contributed by atoms with Gasteiger partial charge in [0.2, 0.25) is 5.43 Å². The van der Waals surface area contributed by atoms with E-state index in [1.54, 1.807) is 31.2 Å². The van der Waals surface area contributed by atoms with E-state index in [0.717, 1.165) is 12.1 Å². The van der Waals surface area contributed by atoms with Gasteiger partial charge in [-0.25, -0.2) is 4.68 Å². The molecule has 3 aromatic rings. The predicted octanol–water partition coefficient (Wildman–Crippen LogP) is 4.02. The Hall–Kier alpha value is -3.33. The zero-order valence-electron chi connectivity index (χ0n) is 15.5. The van der Waals surface area contributed by atoms with Gasteiger partial charge in [0.25, 0.3) is 5.91 Å². The van der Waals surface area contributed by atoms with Crippen LogP contribution in [-0.2, 0) is 6.54 Å². The fourth-order valence-electron chi connectivity index (χ4n) is 2.62. The highest BCUT2D eigenvalue weighted by atomic mass is 35.5. The number of rotatable bonds is 5. The topological polar surface area (TPSA) is 73.2 Å². The number of amides is 1. The van der Waals surface area contributed by atoms with E-state index in [9.17, 15) is 22.8 Å². The average molecular weight is 438 g/mol. The molecule has 0 radical (unpaired) electrons. The summed E-state index contributed by atoms with van der Waals surface area (Å²) < 4.78 is 41.8. The molecule has 1 heterocycles. The summed E-state index contributed by atoms with van der Waals surface area (Å²) in [5.74, 6) is -1.08. The summed E-state index contributed by atoms with van der Waals surface area (Å²) in [6.45, 7) is 1.66. The van der Waals surface area contributed by atoms with Gasteiger partial charge in [0.15, 0.2) is 5.69 Å². The van der Waals surface area contributed by atoms with Crippen molar-refractivity contribution in [2.75, 3.05) is 0 Å². The van der Waals surface area contributed by atoms with Crippen molar-refractivity contribution in [3.63, 3.8) is 0 Å². The maximum atomic E-state index is 12.5. The van der Waals surface area contributed by atoms with Crippen LogP contribution in [-0.4, -0.2) is 22.1 Å². The van der Waals surface area contributed by atoms with E-state index >= 15 is 0 Å². The van der Waals surface area contributed by atoms with Crippen LogP contribution in [0, 0.1) is 6.92 Å². The van der Waals surface area contributed by atoms with E-state index in [1.165, 1.54) is 22.9 Å². The molecule has 2 aromatic carbocycles. The number of carbonyl (C=O) groups excluding carboxylic acids is 1. The second-order valence-electron chi connectivity index (χ2n) is 6.26. The fourth-order valence-corrected chi connectivity index (χ4v) is 2.75. The number of hydrogen-bond acceptors (Lipinski definition) is 4. The van der Waals surface area contributed by atoms with Crippen molar-refractivity contribution in [1.82, 2.24) is 15.1 Å². The molecular formula is C20H15ClF3N3O3. The zero-order chi connectivity index (χ0) is 21.9. The molecule has 0 aliphatic carbocycles. The van der Waals surface area contributed by atoms with Gasteiger partial charge >= 0.3 is 6.36 Å². The molecule has 0 aliphatic rings. The summed E-state index contributed by atoms with van der Waals surface area (Å²) in [7, 11) is 0. The molecule has 1 amide bonds. The average Bonchev–Trinajstić information content (AvgIpc) is 2.67. The van der Waals surface area contributed by atoms with Crippen molar-refractivity contribution in [2.24, 2.45) is 0 Å².